The number of hydrogen-bond acceptors (Lipinski definition) is 4. The van der Waals surface area contributed by atoms with Crippen molar-refractivity contribution in [1.29, 1.82) is 0 Å². The second-order valence-electron chi connectivity index (χ2n) is 4.48. The molecule has 4 heteroatoms. The van der Waals surface area contributed by atoms with Crippen molar-refractivity contribution in [2.75, 3.05) is 13.2 Å². The van der Waals surface area contributed by atoms with Crippen LogP contribution in [0.25, 0.3) is 0 Å². The average molecular weight is 236 g/mol. The molecule has 94 valence electrons. The number of rotatable bonds is 5. The summed E-state index contributed by atoms with van der Waals surface area (Å²) >= 11 is 0. The summed E-state index contributed by atoms with van der Waals surface area (Å²) in [7, 11) is 0. The standard InChI is InChI=1S/C13H20N2O2/c1-10-2-4-13(17-10)9-16-12-5-3-11(6-7-14)15-8-12/h3,5,8,10,13H,2,4,6-7,9,14H2,1H3. The summed E-state index contributed by atoms with van der Waals surface area (Å²) in [6.07, 6.45) is 5.37. The van der Waals surface area contributed by atoms with E-state index in [-0.39, 0.29) is 6.10 Å². The number of aromatic nitrogens is 1. The molecule has 4 nitrogen and oxygen atoms in total. The van der Waals surface area contributed by atoms with Crippen molar-refractivity contribution in [1.82, 2.24) is 4.98 Å². The number of nitrogens with two attached hydrogens (primary N) is 1. The van der Waals surface area contributed by atoms with Crippen LogP contribution in [0.15, 0.2) is 18.3 Å². The Bertz CT molecular complexity index is 340. The molecule has 0 saturated carbocycles. The van der Waals surface area contributed by atoms with Crippen molar-refractivity contribution < 1.29 is 9.47 Å². The van der Waals surface area contributed by atoms with Gasteiger partial charge >= 0.3 is 0 Å². The van der Waals surface area contributed by atoms with Crippen LogP contribution in [0.4, 0.5) is 0 Å². The molecule has 1 aromatic rings. The van der Waals surface area contributed by atoms with Gasteiger partial charge < -0.3 is 15.2 Å². The summed E-state index contributed by atoms with van der Waals surface area (Å²) in [5.74, 6) is 0.800. The molecule has 1 aliphatic rings. The quantitative estimate of drug-likeness (QED) is 0.842. The maximum Gasteiger partial charge on any atom is 0.137 e. The smallest absolute Gasteiger partial charge is 0.137 e. The maximum atomic E-state index is 5.68. The van der Waals surface area contributed by atoms with Crippen molar-refractivity contribution in [3.63, 3.8) is 0 Å². The molecule has 2 unspecified atom stereocenters. The number of pyridine rings is 1. The van der Waals surface area contributed by atoms with Gasteiger partial charge in [-0.15, -0.1) is 0 Å². The van der Waals surface area contributed by atoms with E-state index in [2.05, 4.69) is 11.9 Å². The fraction of sp³-hybridized carbons (Fsp3) is 0.615. The lowest BCUT2D eigenvalue weighted by molar-refractivity contribution is 0.0264. The summed E-state index contributed by atoms with van der Waals surface area (Å²) < 4.78 is 11.3. The van der Waals surface area contributed by atoms with Crippen LogP contribution < -0.4 is 10.5 Å². The number of hydrogen-bond donors (Lipinski definition) is 1. The second kappa shape index (κ2) is 5.98. The van der Waals surface area contributed by atoms with Gasteiger partial charge in [0.15, 0.2) is 0 Å². The lowest BCUT2D eigenvalue weighted by Crippen LogP contribution is -2.18. The lowest BCUT2D eigenvalue weighted by atomic mass is 10.2. The Balaban J connectivity index is 1.78. The van der Waals surface area contributed by atoms with E-state index in [0.29, 0.717) is 19.3 Å². The molecule has 0 spiro atoms. The molecule has 0 aromatic carbocycles. The highest BCUT2D eigenvalue weighted by atomic mass is 16.5. The van der Waals surface area contributed by atoms with Gasteiger partial charge in [-0.25, -0.2) is 0 Å². The third-order valence-electron chi connectivity index (χ3n) is 2.95. The summed E-state index contributed by atoms with van der Waals surface area (Å²) in [4.78, 5) is 4.28. The first-order valence-electron chi connectivity index (χ1n) is 6.21. The van der Waals surface area contributed by atoms with Gasteiger partial charge in [0, 0.05) is 12.1 Å². The Hall–Kier alpha value is -1.13. The largest absolute Gasteiger partial charge is 0.489 e. The molecule has 2 rings (SSSR count). The molecule has 1 saturated heterocycles. The summed E-state index contributed by atoms with van der Waals surface area (Å²) in [5.41, 5.74) is 6.47. The molecular formula is C13H20N2O2. The van der Waals surface area contributed by atoms with Crippen LogP contribution in [-0.2, 0) is 11.2 Å². The maximum absolute atomic E-state index is 5.68. The van der Waals surface area contributed by atoms with Crippen molar-refractivity contribution >= 4 is 0 Å². The van der Waals surface area contributed by atoms with Crippen LogP contribution in [0.5, 0.6) is 5.75 Å². The minimum atomic E-state index is 0.230. The van der Waals surface area contributed by atoms with Gasteiger partial charge in [-0.2, -0.15) is 0 Å². The van der Waals surface area contributed by atoms with E-state index in [0.717, 1.165) is 30.7 Å². The van der Waals surface area contributed by atoms with Gasteiger partial charge in [0.2, 0.25) is 0 Å². The average Bonchev–Trinajstić information content (AvgIpc) is 2.75. The Morgan fingerprint density at radius 1 is 1.47 bits per heavy atom. The van der Waals surface area contributed by atoms with Crippen molar-refractivity contribution in [3.05, 3.63) is 24.0 Å². The van der Waals surface area contributed by atoms with Gasteiger partial charge in [0.1, 0.15) is 12.4 Å². The van der Waals surface area contributed by atoms with Crippen LogP contribution in [0, 0.1) is 0 Å². The van der Waals surface area contributed by atoms with E-state index in [9.17, 15) is 0 Å². The zero-order valence-corrected chi connectivity index (χ0v) is 10.3. The zero-order chi connectivity index (χ0) is 12.1. The number of nitrogens with zero attached hydrogens (tertiary/aromatic N) is 1. The fourth-order valence-corrected chi connectivity index (χ4v) is 1.99. The van der Waals surface area contributed by atoms with Crippen molar-refractivity contribution in [2.24, 2.45) is 5.73 Å². The lowest BCUT2D eigenvalue weighted by Gasteiger charge is -2.12. The highest BCUT2D eigenvalue weighted by Crippen LogP contribution is 2.20. The predicted octanol–water partition coefficient (Wildman–Crippen LogP) is 1.53. The molecule has 0 bridgehead atoms. The Kier molecular flexibility index (Phi) is 4.34. The van der Waals surface area contributed by atoms with Crippen molar-refractivity contribution in [2.45, 2.75) is 38.4 Å². The van der Waals surface area contributed by atoms with E-state index in [1.165, 1.54) is 0 Å². The fourth-order valence-electron chi connectivity index (χ4n) is 1.99. The van der Waals surface area contributed by atoms with Gasteiger partial charge in [0.05, 0.1) is 18.4 Å². The van der Waals surface area contributed by atoms with E-state index in [4.69, 9.17) is 15.2 Å². The van der Waals surface area contributed by atoms with Gasteiger partial charge in [-0.05, 0) is 38.4 Å². The van der Waals surface area contributed by atoms with Gasteiger partial charge in [-0.1, -0.05) is 0 Å². The molecule has 1 aromatic heterocycles. The number of ether oxygens (including phenoxy) is 2. The monoisotopic (exact) mass is 236 g/mol. The first kappa shape index (κ1) is 12.3. The van der Waals surface area contributed by atoms with E-state index < -0.39 is 0 Å². The Labute approximate surface area is 102 Å². The van der Waals surface area contributed by atoms with Crippen molar-refractivity contribution in [3.8, 4) is 5.75 Å². The van der Waals surface area contributed by atoms with Crippen LogP contribution in [0.2, 0.25) is 0 Å². The highest BCUT2D eigenvalue weighted by molar-refractivity contribution is 5.20. The first-order chi connectivity index (χ1) is 8.28. The van der Waals surface area contributed by atoms with E-state index in [1.54, 1.807) is 6.20 Å². The third-order valence-corrected chi connectivity index (χ3v) is 2.95. The molecule has 1 aliphatic heterocycles. The molecule has 0 amide bonds. The van der Waals surface area contributed by atoms with Crippen LogP contribution in [0.1, 0.15) is 25.5 Å². The molecular weight excluding hydrogens is 216 g/mol. The normalized spacial score (nSPS) is 23.9. The van der Waals surface area contributed by atoms with Gasteiger partial charge in [-0.3, -0.25) is 4.98 Å². The van der Waals surface area contributed by atoms with E-state index >= 15 is 0 Å². The highest BCUT2D eigenvalue weighted by Gasteiger charge is 2.22. The van der Waals surface area contributed by atoms with E-state index in [1.807, 2.05) is 12.1 Å². The minimum absolute atomic E-state index is 0.230. The topological polar surface area (TPSA) is 57.4 Å². The Morgan fingerprint density at radius 3 is 2.94 bits per heavy atom. The second-order valence-corrected chi connectivity index (χ2v) is 4.48. The molecule has 2 N–H and O–H groups in total. The molecule has 0 aliphatic carbocycles. The summed E-state index contributed by atoms with van der Waals surface area (Å²) in [5, 5.41) is 0. The third kappa shape index (κ3) is 3.68. The molecule has 0 radical (unpaired) electrons. The molecule has 1 fully saturated rings. The zero-order valence-electron chi connectivity index (χ0n) is 10.3. The molecule has 17 heavy (non-hydrogen) atoms. The SMILES string of the molecule is CC1CCC(COc2ccc(CCN)nc2)O1. The summed E-state index contributed by atoms with van der Waals surface area (Å²) in [6, 6.07) is 3.90. The molecule has 2 heterocycles. The van der Waals surface area contributed by atoms with Crippen LogP contribution >= 0.6 is 0 Å². The first-order valence-corrected chi connectivity index (χ1v) is 6.21. The Morgan fingerprint density at radius 2 is 2.35 bits per heavy atom. The predicted molar refractivity (Wildman–Crippen MR) is 66.1 cm³/mol. The molecule has 2 atom stereocenters. The minimum Gasteiger partial charge on any atom is -0.489 e. The summed E-state index contributed by atoms with van der Waals surface area (Å²) in [6.45, 7) is 3.34. The van der Waals surface area contributed by atoms with Crippen LogP contribution in [0.3, 0.4) is 0 Å². The van der Waals surface area contributed by atoms with Crippen LogP contribution in [-0.4, -0.2) is 30.3 Å². The van der Waals surface area contributed by atoms with Gasteiger partial charge in [0.25, 0.3) is 0 Å².